The van der Waals surface area contributed by atoms with Crippen molar-refractivity contribution >= 4 is 23.8 Å². The van der Waals surface area contributed by atoms with Gasteiger partial charge in [-0.15, -0.1) is 0 Å². The lowest BCUT2D eigenvalue weighted by molar-refractivity contribution is -0.187. The van der Waals surface area contributed by atoms with Crippen molar-refractivity contribution in [1.29, 1.82) is 0 Å². The van der Waals surface area contributed by atoms with Crippen molar-refractivity contribution in [3.63, 3.8) is 0 Å². The predicted octanol–water partition coefficient (Wildman–Crippen LogP) is 5.88. The van der Waals surface area contributed by atoms with Gasteiger partial charge in [0.15, 0.2) is 0 Å². The number of aromatic hydroxyl groups is 1. The number of benzene rings is 2. The Hall–Kier alpha value is -3.94. The summed E-state index contributed by atoms with van der Waals surface area (Å²) < 4.78 is 5.35. The molecular weight excluding hydrogens is 604 g/mol. The van der Waals surface area contributed by atoms with Crippen molar-refractivity contribution < 1.29 is 29.0 Å². The van der Waals surface area contributed by atoms with Crippen LogP contribution in [0.5, 0.6) is 5.75 Å². The maximum atomic E-state index is 14.6. The zero-order valence-corrected chi connectivity index (χ0v) is 28.5. The SMILES string of the molecule is CC(C)C1=CC23CCC4C(C)(C(=O)NC(Cc5ccc(O)cc5)C(=O)NCc5ccccc5)CCCC4(C)C2CC1C1C(=O)OC(=O)C13. The summed E-state index contributed by atoms with van der Waals surface area (Å²) in [5.41, 5.74) is 1.72. The fourth-order valence-corrected chi connectivity index (χ4v) is 11.1. The van der Waals surface area contributed by atoms with E-state index >= 15 is 0 Å². The molecule has 8 rings (SSSR count). The second-order valence-electron chi connectivity index (χ2n) is 16.0. The quantitative estimate of drug-likeness (QED) is 0.186. The molecule has 1 heterocycles. The number of allylic oxidation sites excluding steroid dienone is 2. The van der Waals surface area contributed by atoms with E-state index in [4.69, 9.17) is 4.74 Å². The van der Waals surface area contributed by atoms with Crippen LogP contribution in [0.3, 0.4) is 0 Å². The first-order chi connectivity index (χ1) is 22.9. The molecule has 1 aliphatic heterocycles. The van der Waals surface area contributed by atoms with E-state index in [1.807, 2.05) is 30.3 Å². The number of hydrogen-bond donors (Lipinski definition) is 3. The summed E-state index contributed by atoms with van der Waals surface area (Å²) in [6.45, 7) is 9.11. The second kappa shape index (κ2) is 11.9. The van der Waals surface area contributed by atoms with Crippen LogP contribution in [0.25, 0.3) is 0 Å². The third-order valence-electron chi connectivity index (χ3n) is 13.2. The summed E-state index contributed by atoms with van der Waals surface area (Å²) in [7, 11) is 0. The van der Waals surface area contributed by atoms with Gasteiger partial charge in [0.25, 0.3) is 0 Å². The fourth-order valence-electron chi connectivity index (χ4n) is 11.1. The molecule has 1 saturated heterocycles. The largest absolute Gasteiger partial charge is 0.508 e. The molecule has 254 valence electrons. The first-order valence-electron chi connectivity index (χ1n) is 17.8. The smallest absolute Gasteiger partial charge is 0.318 e. The van der Waals surface area contributed by atoms with Gasteiger partial charge in [0.05, 0.1) is 11.8 Å². The molecule has 9 atom stereocenters. The number of esters is 2. The van der Waals surface area contributed by atoms with E-state index in [-0.39, 0.29) is 58.6 Å². The molecule has 5 aliphatic carbocycles. The molecule has 0 radical (unpaired) electrons. The van der Waals surface area contributed by atoms with Gasteiger partial charge in [0.1, 0.15) is 11.8 Å². The number of rotatable bonds is 8. The number of cyclic esters (lactones) is 2. The lowest BCUT2D eigenvalue weighted by Crippen LogP contribution is -2.66. The molecule has 6 aliphatic rings. The lowest BCUT2D eigenvalue weighted by atomic mass is 9.34. The van der Waals surface area contributed by atoms with E-state index < -0.39 is 28.7 Å². The van der Waals surface area contributed by atoms with Gasteiger partial charge in [0, 0.05) is 23.8 Å². The molecule has 3 N–H and O–H groups in total. The fraction of sp³-hybridized carbons (Fsp3) is 0.550. The molecule has 2 bridgehead atoms. The van der Waals surface area contributed by atoms with Gasteiger partial charge in [-0.1, -0.05) is 88.2 Å². The van der Waals surface area contributed by atoms with E-state index in [1.54, 1.807) is 24.3 Å². The molecule has 8 nitrogen and oxygen atoms in total. The molecular formula is C40H48N2O6. The second-order valence-corrected chi connectivity index (χ2v) is 16.0. The van der Waals surface area contributed by atoms with Crippen LogP contribution in [0.15, 0.2) is 66.2 Å². The zero-order chi connectivity index (χ0) is 34.0. The summed E-state index contributed by atoms with van der Waals surface area (Å²) >= 11 is 0. The average molecular weight is 653 g/mol. The number of carbonyl (C=O) groups is 4. The number of amides is 2. The zero-order valence-electron chi connectivity index (χ0n) is 28.5. The van der Waals surface area contributed by atoms with Gasteiger partial charge < -0.3 is 20.5 Å². The number of fused-ring (bicyclic) bond motifs is 1. The monoisotopic (exact) mass is 652 g/mol. The topological polar surface area (TPSA) is 122 Å². The van der Waals surface area contributed by atoms with Crippen LogP contribution in [0.1, 0.15) is 77.3 Å². The molecule has 2 aromatic carbocycles. The Morgan fingerprint density at radius 3 is 2.38 bits per heavy atom. The minimum Gasteiger partial charge on any atom is -0.508 e. The van der Waals surface area contributed by atoms with Gasteiger partial charge in [-0.3, -0.25) is 19.2 Å². The molecule has 2 aromatic rings. The van der Waals surface area contributed by atoms with Crippen LogP contribution >= 0.6 is 0 Å². The number of carbonyl (C=O) groups excluding carboxylic acids is 4. The van der Waals surface area contributed by atoms with Crippen molar-refractivity contribution in [1.82, 2.24) is 10.6 Å². The minimum absolute atomic E-state index is 0.0126. The van der Waals surface area contributed by atoms with Crippen LogP contribution < -0.4 is 10.6 Å². The number of phenols is 1. The van der Waals surface area contributed by atoms with Gasteiger partial charge in [0.2, 0.25) is 11.8 Å². The Balaban J connectivity index is 1.17. The third-order valence-corrected chi connectivity index (χ3v) is 13.2. The first-order valence-corrected chi connectivity index (χ1v) is 17.8. The van der Waals surface area contributed by atoms with Crippen molar-refractivity contribution in [2.45, 2.75) is 85.2 Å². The van der Waals surface area contributed by atoms with Gasteiger partial charge >= 0.3 is 11.9 Å². The standard InChI is InChI=1S/C40H48N2O6/c1-23(2)28-21-40-18-15-30-38(3,31(40)20-27(28)32-33(40)36(46)48-35(32)45)16-8-17-39(30,4)37(47)42-29(19-24-11-13-26(43)14-12-24)34(44)41-22-25-9-6-5-7-10-25/h5-7,9-14,21,23,27,29-33,43H,8,15-20,22H2,1-4H3,(H,41,44)(H,42,47). The van der Waals surface area contributed by atoms with Crippen molar-refractivity contribution in [3.8, 4) is 5.75 Å². The Bertz CT molecular complexity index is 1650. The van der Waals surface area contributed by atoms with E-state index in [9.17, 15) is 24.3 Å². The highest BCUT2D eigenvalue weighted by molar-refractivity contribution is 5.98. The highest BCUT2D eigenvalue weighted by atomic mass is 16.6. The molecule has 9 unspecified atom stereocenters. The van der Waals surface area contributed by atoms with Crippen LogP contribution in [0.4, 0.5) is 0 Å². The number of ether oxygens (including phenoxy) is 1. The van der Waals surface area contributed by atoms with Gasteiger partial charge in [-0.2, -0.15) is 0 Å². The van der Waals surface area contributed by atoms with E-state index in [1.165, 1.54) is 5.57 Å². The highest BCUT2D eigenvalue weighted by Crippen LogP contribution is 2.74. The van der Waals surface area contributed by atoms with Crippen molar-refractivity contribution in [2.75, 3.05) is 0 Å². The Morgan fingerprint density at radius 1 is 0.938 bits per heavy atom. The predicted molar refractivity (Wildman–Crippen MR) is 180 cm³/mol. The molecule has 0 aromatic heterocycles. The molecule has 3 saturated carbocycles. The molecule has 8 heteroatoms. The summed E-state index contributed by atoms with van der Waals surface area (Å²) in [6, 6.07) is 15.6. The number of hydrogen-bond acceptors (Lipinski definition) is 6. The summed E-state index contributed by atoms with van der Waals surface area (Å²) in [5, 5.41) is 16.1. The van der Waals surface area contributed by atoms with Gasteiger partial charge in [-0.25, -0.2) is 0 Å². The highest BCUT2D eigenvalue weighted by Gasteiger charge is 2.73. The van der Waals surface area contributed by atoms with Crippen LogP contribution in [0.2, 0.25) is 0 Å². The Morgan fingerprint density at radius 2 is 1.67 bits per heavy atom. The minimum atomic E-state index is -0.798. The third kappa shape index (κ3) is 5.09. The van der Waals surface area contributed by atoms with Crippen LogP contribution in [-0.4, -0.2) is 34.9 Å². The van der Waals surface area contributed by atoms with Crippen LogP contribution in [0, 0.1) is 51.8 Å². The first kappa shape index (κ1) is 32.6. The Kier molecular flexibility index (Phi) is 8.07. The molecule has 48 heavy (non-hydrogen) atoms. The normalized spacial score (nSPS) is 35.5. The maximum Gasteiger partial charge on any atom is 0.318 e. The Labute approximate surface area is 283 Å². The lowest BCUT2D eigenvalue weighted by Gasteiger charge is -2.68. The number of phenolic OH excluding ortho intramolecular Hbond substituents is 1. The van der Waals surface area contributed by atoms with E-state index in [0.29, 0.717) is 13.0 Å². The molecule has 4 fully saturated rings. The van der Waals surface area contributed by atoms with Crippen molar-refractivity contribution in [2.24, 2.45) is 51.8 Å². The van der Waals surface area contributed by atoms with Crippen LogP contribution in [-0.2, 0) is 36.9 Å². The summed E-state index contributed by atoms with van der Waals surface area (Å²) in [5.74, 6) is -1.31. The average Bonchev–Trinajstić information content (AvgIpc) is 3.39. The van der Waals surface area contributed by atoms with Gasteiger partial charge in [-0.05, 0) is 84.5 Å². The van der Waals surface area contributed by atoms with E-state index in [0.717, 1.165) is 49.7 Å². The van der Waals surface area contributed by atoms with Crippen molar-refractivity contribution in [3.05, 3.63) is 77.4 Å². The molecule has 2 amide bonds. The summed E-state index contributed by atoms with van der Waals surface area (Å²) in [4.78, 5) is 54.8. The maximum absolute atomic E-state index is 14.6. The summed E-state index contributed by atoms with van der Waals surface area (Å²) in [6.07, 6.45) is 7.56. The van der Waals surface area contributed by atoms with E-state index in [2.05, 4.69) is 44.4 Å². The molecule has 1 spiro atoms. The number of nitrogens with one attached hydrogen (secondary N) is 2.